The lowest BCUT2D eigenvalue weighted by Gasteiger charge is -2.26. The van der Waals surface area contributed by atoms with Crippen LogP contribution in [0, 0.1) is 0 Å². The van der Waals surface area contributed by atoms with E-state index in [2.05, 4.69) is 17.1 Å². The van der Waals surface area contributed by atoms with Gasteiger partial charge in [0.25, 0.3) is 0 Å². The molecule has 1 aliphatic heterocycles. The van der Waals surface area contributed by atoms with E-state index in [1.807, 2.05) is 0 Å². The zero-order valence-electron chi connectivity index (χ0n) is 10.4. The van der Waals surface area contributed by atoms with Crippen LogP contribution in [-0.2, 0) is 4.79 Å². The minimum absolute atomic E-state index is 0.105. The van der Waals surface area contributed by atoms with E-state index in [1.165, 1.54) is 38.5 Å². The second kappa shape index (κ2) is 5.67. The Morgan fingerprint density at radius 2 is 1.94 bits per heavy atom. The molecule has 0 radical (unpaired) electrons. The smallest absolute Gasteiger partial charge is 0.241 e. The van der Waals surface area contributed by atoms with Crippen LogP contribution in [0.15, 0.2) is 0 Å². The summed E-state index contributed by atoms with van der Waals surface area (Å²) in [6, 6.07) is 0.623. The first-order valence-electron chi connectivity index (χ1n) is 6.86. The molecule has 2 rings (SSSR count). The Labute approximate surface area is 98.6 Å². The zero-order valence-corrected chi connectivity index (χ0v) is 10.4. The van der Waals surface area contributed by atoms with Crippen LogP contribution < -0.4 is 5.32 Å². The fourth-order valence-corrected chi connectivity index (χ4v) is 2.97. The monoisotopic (exact) mass is 224 g/mol. The van der Waals surface area contributed by atoms with Crippen molar-refractivity contribution in [3.05, 3.63) is 0 Å². The highest BCUT2D eigenvalue weighted by molar-refractivity contribution is 5.84. The molecule has 0 spiro atoms. The van der Waals surface area contributed by atoms with E-state index in [-0.39, 0.29) is 6.04 Å². The Hall–Kier alpha value is -0.570. The van der Waals surface area contributed by atoms with Crippen LogP contribution in [0.3, 0.4) is 0 Å². The van der Waals surface area contributed by atoms with Crippen LogP contribution >= 0.6 is 0 Å². The van der Waals surface area contributed by atoms with Crippen LogP contribution in [0.4, 0.5) is 0 Å². The quantitative estimate of drug-likeness (QED) is 0.746. The van der Waals surface area contributed by atoms with E-state index in [4.69, 9.17) is 0 Å². The topological polar surface area (TPSA) is 32.3 Å². The van der Waals surface area contributed by atoms with Crippen molar-refractivity contribution in [3.8, 4) is 0 Å². The normalized spacial score (nSPS) is 28.4. The predicted molar refractivity (Wildman–Crippen MR) is 65.0 cm³/mol. The Bertz CT molecular complexity index is 234. The lowest BCUT2D eigenvalue weighted by Crippen LogP contribution is -2.38. The molecule has 1 N–H and O–H groups in total. The zero-order chi connectivity index (χ0) is 11.4. The van der Waals surface area contributed by atoms with Crippen LogP contribution in [0.2, 0.25) is 0 Å². The van der Waals surface area contributed by atoms with Gasteiger partial charge in [-0.1, -0.05) is 39.0 Å². The van der Waals surface area contributed by atoms with Gasteiger partial charge in [0, 0.05) is 6.04 Å². The lowest BCUT2D eigenvalue weighted by atomic mass is 10.1. The number of carbonyl (C=O) groups is 1. The fourth-order valence-electron chi connectivity index (χ4n) is 2.97. The molecular weight excluding hydrogens is 200 g/mol. The van der Waals surface area contributed by atoms with Crippen LogP contribution in [0.1, 0.15) is 58.3 Å². The first-order chi connectivity index (χ1) is 7.83. The van der Waals surface area contributed by atoms with Crippen LogP contribution in [0.5, 0.6) is 0 Å². The summed E-state index contributed by atoms with van der Waals surface area (Å²) in [4.78, 5) is 14.3. The maximum Gasteiger partial charge on any atom is 0.241 e. The molecule has 3 heteroatoms. The Balaban J connectivity index is 1.91. The number of nitrogens with one attached hydrogen (secondary N) is 1. The molecule has 1 unspecified atom stereocenters. The van der Waals surface area contributed by atoms with Gasteiger partial charge in [0.2, 0.25) is 5.91 Å². The highest BCUT2D eigenvalue weighted by atomic mass is 16.2. The summed E-state index contributed by atoms with van der Waals surface area (Å²) in [6.07, 6.45) is 9.80. The van der Waals surface area contributed by atoms with Gasteiger partial charge < -0.3 is 4.90 Å². The molecule has 1 saturated carbocycles. The predicted octanol–water partition coefficient (Wildman–Crippen LogP) is 2.27. The summed E-state index contributed by atoms with van der Waals surface area (Å²) in [6.45, 7) is 2.93. The molecule has 0 aromatic rings. The number of hydrogen-bond acceptors (Lipinski definition) is 2. The average molecular weight is 224 g/mol. The van der Waals surface area contributed by atoms with Gasteiger partial charge in [-0.15, -0.1) is 0 Å². The molecule has 3 nitrogen and oxygen atoms in total. The Morgan fingerprint density at radius 1 is 1.25 bits per heavy atom. The second-order valence-corrected chi connectivity index (χ2v) is 5.16. The van der Waals surface area contributed by atoms with E-state index in [9.17, 15) is 4.79 Å². The third kappa shape index (κ3) is 2.57. The Morgan fingerprint density at radius 3 is 2.56 bits per heavy atom. The SMILES string of the molecule is CCCC1NCN(C2CCCCCC2)C1=O. The van der Waals surface area contributed by atoms with Crippen molar-refractivity contribution in [2.45, 2.75) is 70.4 Å². The number of amides is 1. The first-order valence-corrected chi connectivity index (χ1v) is 6.86. The van der Waals surface area contributed by atoms with Gasteiger partial charge in [0.1, 0.15) is 0 Å². The van der Waals surface area contributed by atoms with Gasteiger partial charge in [-0.3, -0.25) is 10.1 Å². The van der Waals surface area contributed by atoms with Gasteiger partial charge in [-0.05, 0) is 19.3 Å². The van der Waals surface area contributed by atoms with Gasteiger partial charge in [0.15, 0.2) is 0 Å². The van der Waals surface area contributed by atoms with Crippen molar-refractivity contribution in [2.24, 2.45) is 0 Å². The molecular formula is C13H24N2O. The average Bonchev–Trinajstić information content (AvgIpc) is 2.55. The highest BCUT2D eigenvalue weighted by Crippen LogP contribution is 2.24. The molecule has 1 heterocycles. The lowest BCUT2D eigenvalue weighted by molar-refractivity contribution is -0.131. The molecule has 16 heavy (non-hydrogen) atoms. The summed E-state index contributed by atoms with van der Waals surface area (Å²) in [5.74, 6) is 0.355. The van der Waals surface area contributed by atoms with Crippen molar-refractivity contribution < 1.29 is 4.79 Å². The van der Waals surface area contributed by atoms with Crippen LogP contribution in [-0.4, -0.2) is 29.6 Å². The van der Waals surface area contributed by atoms with Crippen molar-refractivity contribution in [2.75, 3.05) is 6.67 Å². The van der Waals surface area contributed by atoms with E-state index < -0.39 is 0 Å². The summed E-state index contributed by atoms with van der Waals surface area (Å²) in [5.41, 5.74) is 0. The van der Waals surface area contributed by atoms with Crippen molar-refractivity contribution >= 4 is 5.91 Å². The number of carbonyl (C=O) groups excluding carboxylic acids is 1. The van der Waals surface area contributed by atoms with Crippen LogP contribution in [0.25, 0.3) is 0 Å². The molecule has 0 bridgehead atoms. The van der Waals surface area contributed by atoms with Gasteiger partial charge in [0.05, 0.1) is 12.7 Å². The van der Waals surface area contributed by atoms with E-state index >= 15 is 0 Å². The van der Waals surface area contributed by atoms with Gasteiger partial charge >= 0.3 is 0 Å². The van der Waals surface area contributed by atoms with E-state index in [1.54, 1.807) is 0 Å². The molecule has 2 aliphatic rings. The van der Waals surface area contributed by atoms with Gasteiger partial charge in [-0.25, -0.2) is 0 Å². The highest BCUT2D eigenvalue weighted by Gasteiger charge is 2.34. The minimum atomic E-state index is 0.105. The molecule has 2 fully saturated rings. The van der Waals surface area contributed by atoms with E-state index in [0.29, 0.717) is 11.9 Å². The largest absolute Gasteiger partial charge is 0.326 e. The second-order valence-electron chi connectivity index (χ2n) is 5.16. The molecule has 1 saturated heterocycles. The maximum atomic E-state index is 12.2. The number of nitrogens with zero attached hydrogens (tertiary/aromatic N) is 1. The molecule has 0 aromatic carbocycles. The number of rotatable bonds is 3. The standard InChI is InChI=1S/C13H24N2O/c1-2-7-12-13(16)15(10-14-12)11-8-5-3-4-6-9-11/h11-12,14H,2-10H2,1H3. The van der Waals surface area contributed by atoms with Crippen molar-refractivity contribution in [1.82, 2.24) is 10.2 Å². The molecule has 1 atom stereocenters. The molecule has 1 aliphatic carbocycles. The molecule has 1 amide bonds. The summed E-state index contributed by atoms with van der Waals surface area (Å²) >= 11 is 0. The third-order valence-corrected chi connectivity index (χ3v) is 3.93. The minimum Gasteiger partial charge on any atom is -0.326 e. The van der Waals surface area contributed by atoms with E-state index in [0.717, 1.165) is 19.5 Å². The summed E-state index contributed by atoms with van der Waals surface area (Å²) in [7, 11) is 0. The maximum absolute atomic E-state index is 12.2. The molecule has 0 aromatic heterocycles. The number of hydrogen-bond donors (Lipinski definition) is 1. The van der Waals surface area contributed by atoms with Crippen molar-refractivity contribution in [1.29, 1.82) is 0 Å². The molecule has 92 valence electrons. The summed E-state index contributed by atoms with van der Waals surface area (Å²) in [5, 5.41) is 3.35. The first kappa shape index (κ1) is 11.9. The van der Waals surface area contributed by atoms with Gasteiger partial charge in [-0.2, -0.15) is 0 Å². The third-order valence-electron chi connectivity index (χ3n) is 3.93. The summed E-state index contributed by atoms with van der Waals surface area (Å²) < 4.78 is 0. The fraction of sp³-hybridized carbons (Fsp3) is 0.923. The Kier molecular flexibility index (Phi) is 4.22. The van der Waals surface area contributed by atoms with Crippen molar-refractivity contribution in [3.63, 3.8) is 0 Å².